The average Bonchev–Trinajstić information content (AvgIpc) is 3.39. The molecule has 1 fully saturated rings. The van der Waals surface area contributed by atoms with E-state index in [1.807, 2.05) is 0 Å². The van der Waals surface area contributed by atoms with Gasteiger partial charge in [0.15, 0.2) is 0 Å². The van der Waals surface area contributed by atoms with Gasteiger partial charge in [0.1, 0.15) is 0 Å². The largest absolute Gasteiger partial charge is 0.371 e. The van der Waals surface area contributed by atoms with Crippen LogP contribution in [0.4, 0.5) is 5.69 Å². The van der Waals surface area contributed by atoms with E-state index < -0.39 is 0 Å². The van der Waals surface area contributed by atoms with Crippen molar-refractivity contribution in [2.45, 2.75) is 57.3 Å². The normalized spacial score (nSPS) is 19.7. The fourth-order valence-electron chi connectivity index (χ4n) is 5.03. The van der Waals surface area contributed by atoms with Crippen LogP contribution in [0.25, 0.3) is 0 Å². The van der Waals surface area contributed by atoms with Crippen LogP contribution in [0.3, 0.4) is 0 Å². The SMILES string of the molecule is CCCCC(OCc1cccc(N2CCC(N(C)C)C(c3ccccc3)C2)c1)c1cccs1. The van der Waals surface area contributed by atoms with Gasteiger partial charge in [0, 0.05) is 35.6 Å². The molecule has 0 saturated carbocycles. The number of thiophene rings is 1. The van der Waals surface area contributed by atoms with Crippen molar-refractivity contribution in [1.29, 1.82) is 0 Å². The van der Waals surface area contributed by atoms with Crippen LogP contribution < -0.4 is 4.90 Å². The number of piperidine rings is 1. The van der Waals surface area contributed by atoms with Crippen molar-refractivity contribution in [1.82, 2.24) is 4.90 Å². The van der Waals surface area contributed by atoms with E-state index in [0.717, 1.165) is 19.5 Å². The number of benzene rings is 2. The number of unbranched alkanes of at least 4 members (excludes halogenated alkanes) is 1. The minimum absolute atomic E-state index is 0.201. The van der Waals surface area contributed by atoms with Gasteiger partial charge in [-0.25, -0.2) is 0 Å². The van der Waals surface area contributed by atoms with Gasteiger partial charge < -0.3 is 14.5 Å². The summed E-state index contributed by atoms with van der Waals surface area (Å²) in [6.45, 7) is 5.05. The number of nitrogens with zero attached hydrogens (tertiary/aromatic N) is 2. The first-order valence-electron chi connectivity index (χ1n) is 12.4. The highest BCUT2D eigenvalue weighted by Gasteiger charge is 2.31. The second-order valence-corrected chi connectivity index (χ2v) is 10.4. The van der Waals surface area contributed by atoms with Crippen LogP contribution in [-0.2, 0) is 11.3 Å². The minimum atomic E-state index is 0.201. The van der Waals surface area contributed by atoms with Gasteiger partial charge in [-0.05, 0) is 61.6 Å². The van der Waals surface area contributed by atoms with Gasteiger partial charge in [0.05, 0.1) is 12.7 Å². The molecule has 4 rings (SSSR count). The average molecular weight is 463 g/mol. The summed E-state index contributed by atoms with van der Waals surface area (Å²) in [6, 6.07) is 24.9. The van der Waals surface area contributed by atoms with Gasteiger partial charge >= 0.3 is 0 Å². The van der Waals surface area contributed by atoms with Gasteiger partial charge in [-0.15, -0.1) is 11.3 Å². The molecule has 0 aliphatic carbocycles. The van der Waals surface area contributed by atoms with Crippen LogP contribution >= 0.6 is 11.3 Å². The zero-order valence-corrected chi connectivity index (χ0v) is 21.1. The summed E-state index contributed by atoms with van der Waals surface area (Å²) in [4.78, 5) is 6.31. The van der Waals surface area contributed by atoms with Crippen molar-refractivity contribution in [3.63, 3.8) is 0 Å². The zero-order valence-electron chi connectivity index (χ0n) is 20.3. The maximum atomic E-state index is 6.44. The quantitative estimate of drug-likeness (QED) is 0.319. The fourth-order valence-corrected chi connectivity index (χ4v) is 5.84. The van der Waals surface area contributed by atoms with E-state index in [2.05, 4.69) is 103 Å². The molecule has 3 aromatic rings. The lowest BCUT2D eigenvalue weighted by Gasteiger charge is -2.43. The first-order valence-corrected chi connectivity index (χ1v) is 13.2. The molecular formula is C29H38N2OS. The molecule has 0 spiro atoms. The lowest BCUT2D eigenvalue weighted by molar-refractivity contribution is 0.0348. The van der Waals surface area contributed by atoms with Gasteiger partial charge in [0.2, 0.25) is 0 Å². The second-order valence-electron chi connectivity index (χ2n) is 9.41. The van der Waals surface area contributed by atoms with E-state index in [0.29, 0.717) is 18.6 Å². The third-order valence-electron chi connectivity index (χ3n) is 6.87. The molecule has 33 heavy (non-hydrogen) atoms. The Morgan fingerprint density at radius 2 is 1.91 bits per heavy atom. The van der Waals surface area contributed by atoms with E-state index >= 15 is 0 Å². The van der Waals surface area contributed by atoms with Gasteiger partial charge in [-0.2, -0.15) is 0 Å². The predicted octanol–water partition coefficient (Wildman–Crippen LogP) is 7.12. The summed E-state index contributed by atoms with van der Waals surface area (Å²) in [5.74, 6) is 0.507. The molecule has 2 heterocycles. The van der Waals surface area contributed by atoms with E-state index in [-0.39, 0.29) is 6.10 Å². The minimum Gasteiger partial charge on any atom is -0.371 e. The van der Waals surface area contributed by atoms with E-state index in [1.54, 1.807) is 11.3 Å². The van der Waals surface area contributed by atoms with Crippen LogP contribution in [0, 0.1) is 0 Å². The lowest BCUT2D eigenvalue weighted by atomic mass is 9.85. The molecule has 1 aliphatic rings. The molecule has 3 unspecified atom stereocenters. The molecule has 176 valence electrons. The van der Waals surface area contributed by atoms with E-state index in [1.165, 1.54) is 41.0 Å². The summed E-state index contributed by atoms with van der Waals surface area (Å²) in [5.41, 5.74) is 4.02. The molecule has 0 bridgehead atoms. The Morgan fingerprint density at radius 1 is 1.06 bits per heavy atom. The summed E-state index contributed by atoms with van der Waals surface area (Å²) in [6.07, 6.45) is 4.86. The van der Waals surface area contributed by atoms with Crippen molar-refractivity contribution in [2.24, 2.45) is 0 Å². The third kappa shape index (κ3) is 6.26. The van der Waals surface area contributed by atoms with Gasteiger partial charge in [0.25, 0.3) is 0 Å². The number of ether oxygens (including phenoxy) is 1. The van der Waals surface area contributed by atoms with Gasteiger partial charge in [-0.3, -0.25) is 0 Å². The van der Waals surface area contributed by atoms with Crippen molar-refractivity contribution in [3.8, 4) is 0 Å². The number of rotatable bonds is 10. The molecule has 3 atom stereocenters. The van der Waals surface area contributed by atoms with E-state index in [9.17, 15) is 0 Å². The first-order chi connectivity index (χ1) is 16.2. The summed E-state index contributed by atoms with van der Waals surface area (Å²) < 4.78 is 6.44. The maximum absolute atomic E-state index is 6.44. The summed E-state index contributed by atoms with van der Waals surface area (Å²) >= 11 is 1.81. The molecule has 1 saturated heterocycles. The summed E-state index contributed by atoms with van der Waals surface area (Å²) in [5, 5.41) is 2.15. The van der Waals surface area contributed by atoms with E-state index in [4.69, 9.17) is 4.74 Å². The molecular weight excluding hydrogens is 424 g/mol. The first kappa shape index (κ1) is 24.0. The number of anilines is 1. The molecule has 2 aromatic carbocycles. The Kier molecular flexibility index (Phi) is 8.60. The Labute approximate surface area is 204 Å². The smallest absolute Gasteiger partial charge is 0.0921 e. The van der Waals surface area contributed by atoms with Crippen molar-refractivity contribution in [3.05, 3.63) is 88.1 Å². The monoisotopic (exact) mass is 462 g/mol. The topological polar surface area (TPSA) is 15.7 Å². The van der Waals surface area contributed by atoms with Crippen LogP contribution in [-0.4, -0.2) is 38.1 Å². The van der Waals surface area contributed by atoms with Crippen molar-refractivity contribution >= 4 is 17.0 Å². The highest BCUT2D eigenvalue weighted by Crippen LogP contribution is 2.33. The zero-order chi connectivity index (χ0) is 23.0. The van der Waals surface area contributed by atoms with Crippen LogP contribution in [0.5, 0.6) is 0 Å². The lowest BCUT2D eigenvalue weighted by Crippen LogP contribution is -2.47. The third-order valence-corrected chi connectivity index (χ3v) is 7.84. The van der Waals surface area contributed by atoms with Gasteiger partial charge in [-0.1, -0.05) is 68.3 Å². The fraction of sp³-hybridized carbons (Fsp3) is 0.448. The van der Waals surface area contributed by atoms with Crippen LogP contribution in [0.1, 0.15) is 60.6 Å². The Bertz CT molecular complexity index is 957. The predicted molar refractivity (Wildman–Crippen MR) is 141 cm³/mol. The number of hydrogen-bond acceptors (Lipinski definition) is 4. The second kappa shape index (κ2) is 11.8. The molecule has 4 heteroatoms. The molecule has 0 amide bonds. The summed E-state index contributed by atoms with van der Waals surface area (Å²) in [7, 11) is 4.44. The standard InChI is InChI=1S/C29H38N2OS/c1-4-5-15-28(29-16-10-19-33-29)32-22-23-11-9-14-25(20-23)31-18-17-27(30(2)3)26(21-31)24-12-7-6-8-13-24/h6-14,16,19-20,26-28H,4-5,15,17-18,21-22H2,1-3H3. The van der Waals surface area contributed by atoms with Crippen molar-refractivity contribution in [2.75, 3.05) is 32.1 Å². The molecule has 0 radical (unpaired) electrons. The molecule has 3 nitrogen and oxygen atoms in total. The Balaban J connectivity index is 1.45. The Morgan fingerprint density at radius 3 is 2.64 bits per heavy atom. The Hall–Kier alpha value is -2.14. The molecule has 1 aromatic heterocycles. The highest BCUT2D eigenvalue weighted by molar-refractivity contribution is 7.10. The van der Waals surface area contributed by atoms with Crippen molar-refractivity contribution < 1.29 is 4.74 Å². The molecule has 0 N–H and O–H groups in total. The van der Waals surface area contributed by atoms with Crippen LogP contribution in [0.2, 0.25) is 0 Å². The number of hydrogen-bond donors (Lipinski definition) is 0. The van der Waals surface area contributed by atoms with Crippen LogP contribution in [0.15, 0.2) is 72.1 Å². The molecule has 1 aliphatic heterocycles. The maximum Gasteiger partial charge on any atom is 0.0921 e. The highest BCUT2D eigenvalue weighted by atomic mass is 32.1. The number of likely N-dealkylation sites (N-methyl/N-ethyl adjacent to an activating group) is 1.